The maximum atomic E-state index is 12.5. The molecule has 4 rings (SSSR count). The molecule has 0 atom stereocenters. The quantitative estimate of drug-likeness (QED) is 0.910. The molecule has 2 saturated carbocycles. The monoisotopic (exact) mass is 341 g/mol. The second-order valence-corrected chi connectivity index (χ2v) is 9.43. The molecule has 1 aromatic rings. The number of carbonyl (C=O) groups excluding carboxylic acids is 1. The number of rotatable bonds is 3. The van der Waals surface area contributed by atoms with E-state index in [1.165, 1.54) is 43.2 Å². The molecule has 1 heterocycles. The van der Waals surface area contributed by atoms with Crippen LogP contribution in [0.4, 0.5) is 0 Å². The van der Waals surface area contributed by atoms with Crippen LogP contribution in [-0.4, -0.2) is 34.6 Å². The highest BCUT2D eigenvalue weighted by atomic mass is 16.3. The first kappa shape index (κ1) is 17.1. The Bertz CT molecular complexity index is 642. The molecule has 1 amide bonds. The minimum absolute atomic E-state index is 0.0741. The summed E-state index contributed by atoms with van der Waals surface area (Å²) in [4.78, 5) is 14.5. The number of aliphatic hydroxyl groups is 1. The predicted molar refractivity (Wildman–Crippen MR) is 99.2 cm³/mol. The van der Waals surface area contributed by atoms with Gasteiger partial charge in [-0.3, -0.25) is 4.79 Å². The average molecular weight is 341 g/mol. The van der Waals surface area contributed by atoms with Crippen LogP contribution in [0, 0.1) is 24.2 Å². The van der Waals surface area contributed by atoms with Gasteiger partial charge in [0.1, 0.15) is 0 Å². The molecule has 3 aliphatic rings. The Labute approximate surface area is 151 Å². The molecule has 0 unspecified atom stereocenters. The molecule has 2 aliphatic carbocycles. The third-order valence-corrected chi connectivity index (χ3v) is 6.86. The zero-order chi connectivity index (χ0) is 17.7. The number of nitrogens with zero attached hydrogens (tertiary/aromatic N) is 1. The van der Waals surface area contributed by atoms with E-state index in [-0.39, 0.29) is 5.92 Å². The lowest BCUT2D eigenvalue weighted by Gasteiger charge is -2.55. The van der Waals surface area contributed by atoms with Gasteiger partial charge in [-0.2, -0.15) is 0 Å². The summed E-state index contributed by atoms with van der Waals surface area (Å²) in [7, 11) is 0. The van der Waals surface area contributed by atoms with Crippen molar-refractivity contribution < 1.29 is 9.90 Å². The number of hydrogen-bond acceptors (Lipinski definition) is 2. The van der Waals surface area contributed by atoms with Crippen LogP contribution in [0.15, 0.2) is 24.3 Å². The molecule has 1 aliphatic heterocycles. The van der Waals surface area contributed by atoms with Crippen molar-refractivity contribution in [3.63, 3.8) is 0 Å². The van der Waals surface area contributed by atoms with Crippen LogP contribution in [0.3, 0.4) is 0 Å². The molecule has 1 N–H and O–H groups in total. The predicted octanol–water partition coefficient (Wildman–Crippen LogP) is 3.72. The number of benzene rings is 1. The van der Waals surface area contributed by atoms with E-state index in [4.69, 9.17) is 0 Å². The number of likely N-dealkylation sites (tertiary alicyclic amines) is 1. The highest BCUT2D eigenvalue weighted by molar-refractivity contribution is 5.81. The Morgan fingerprint density at radius 1 is 1.24 bits per heavy atom. The van der Waals surface area contributed by atoms with E-state index in [2.05, 4.69) is 36.1 Å². The third kappa shape index (κ3) is 3.48. The van der Waals surface area contributed by atoms with E-state index in [1.54, 1.807) is 0 Å². The number of amides is 1. The summed E-state index contributed by atoms with van der Waals surface area (Å²) in [6.45, 7) is 5.92. The van der Waals surface area contributed by atoms with Gasteiger partial charge in [-0.25, -0.2) is 0 Å². The lowest BCUT2D eigenvalue weighted by Crippen LogP contribution is -2.62. The van der Waals surface area contributed by atoms with Crippen molar-refractivity contribution in [3.8, 4) is 0 Å². The smallest absolute Gasteiger partial charge is 0.225 e. The van der Waals surface area contributed by atoms with Crippen LogP contribution in [0.1, 0.15) is 56.6 Å². The minimum atomic E-state index is -0.600. The largest absolute Gasteiger partial charge is 0.390 e. The molecule has 1 spiro atoms. The highest BCUT2D eigenvalue weighted by Gasteiger charge is 2.51. The minimum Gasteiger partial charge on any atom is -0.390 e. The van der Waals surface area contributed by atoms with Crippen LogP contribution < -0.4 is 0 Å². The van der Waals surface area contributed by atoms with Gasteiger partial charge in [0.15, 0.2) is 0 Å². The van der Waals surface area contributed by atoms with E-state index in [9.17, 15) is 9.90 Å². The summed E-state index contributed by atoms with van der Waals surface area (Å²) in [6, 6.07) is 8.92. The Morgan fingerprint density at radius 2 is 1.92 bits per heavy atom. The van der Waals surface area contributed by atoms with E-state index in [1.807, 2.05) is 6.92 Å². The Morgan fingerprint density at radius 3 is 2.52 bits per heavy atom. The van der Waals surface area contributed by atoms with Crippen LogP contribution in [0.25, 0.3) is 0 Å². The molecule has 0 aromatic heterocycles. The highest BCUT2D eigenvalue weighted by Crippen LogP contribution is 2.48. The average Bonchev–Trinajstić information content (AvgIpc) is 2.51. The van der Waals surface area contributed by atoms with Gasteiger partial charge in [0, 0.05) is 24.4 Å². The van der Waals surface area contributed by atoms with Crippen LogP contribution in [0.2, 0.25) is 0 Å². The van der Waals surface area contributed by atoms with Gasteiger partial charge in [0.2, 0.25) is 5.91 Å². The lowest BCUT2D eigenvalue weighted by atomic mass is 9.64. The van der Waals surface area contributed by atoms with Gasteiger partial charge in [0.25, 0.3) is 0 Å². The van der Waals surface area contributed by atoms with Crippen molar-refractivity contribution in [2.45, 2.75) is 64.4 Å². The molecule has 1 aromatic carbocycles. The lowest BCUT2D eigenvalue weighted by molar-refractivity contribution is -0.163. The SMILES string of the molecule is Cc1cccc(CC2CCC3(CC2)CN(C(=O)[C@H]2C[C@@](C)(O)C2)C3)c1. The molecular formula is C22H31NO2. The molecule has 0 bridgehead atoms. The summed E-state index contributed by atoms with van der Waals surface area (Å²) in [5.41, 5.74) is 2.64. The number of aryl methyl sites for hydroxylation is 1. The third-order valence-electron chi connectivity index (χ3n) is 6.86. The Kier molecular flexibility index (Phi) is 4.18. The fraction of sp³-hybridized carbons (Fsp3) is 0.682. The fourth-order valence-electron chi connectivity index (χ4n) is 5.34. The number of hydrogen-bond donors (Lipinski definition) is 1. The zero-order valence-corrected chi connectivity index (χ0v) is 15.6. The molecular weight excluding hydrogens is 310 g/mol. The molecule has 3 fully saturated rings. The number of carbonyl (C=O) groups is 1. The molecule has 3 nitrogen and oxygen atoms in total. The molecule has 136 valence electrons. The van der Waals surface area contributed by atoms with Crippen molar-refractivity contribution in [1.82, 2.24) is 4.90 Å². The van der Waals surface area contributed by atoms with Crippen molar-refractivity contribution >= 4 is 5.91 Å². The standard InChI is InChI=1S/C22H31NO2/c1-16-4-3-5-18(10-16)11-17-6-8-22(9-7-17)14-23(15-22)20(24)19-12-21(2,25)13-19/h3-5,10,17,19,25H,6-9,11-15H2,1-2H3/t19-,21+. The molecule has 1 saturated heterocycles. The first-order chi connectivity index (χ1) is 11.8. The fourth-order valence-corrected chi connectivity index (χ4v) is 5.34. The molecule has 0 radical (unpaired) electrons. The second-order valence-electron chi connectivity index (χ2n) is 9.43. The first-order valence-corrected chi connectivity index (χ1v) is 9.91. The summed E-state index contributed by atoms with van der Waals surface area (Å²) < 4.78 is 0. The van der Waals surface area contributed by atoms with Gasteiger partial charge in [-0.15, -0.1) is 0 Å². The Balaban J connectivity index is 1.24. The second kappa shape index (κ2) is 6.12. The van der Waals surface area contributed by atoms with Crippen molar-refractivity contribution in [3.05, 3.63) is 35.4 Å². The molecule has 25 heavy (non-hydrogen) atoms. The van der Waals surface area contributed by atoms with Gasteiger partial charge >= 0.3 is 0 Å². The molecule has 3 heteroatoms. The van der Waals surface area contributed by atoms with Crippen LogP contribution in [-0.2, 0) is 11.2 Å². The van der Waals surface area contributed by atoms with Crippen LogP contribution >= 0.6 is 0 Å². The summed E-state index contributed by atoms with van der Waals surface area (Å²) in [5, 5.41) is 9.84. The topological polar surface area (TPSA) is 40.5 Å². The van der Waals surface area contributed by atoms with Crippen LogP contribution in [0.5, 0.6) is 0 Å². The summed E-state index contributed by atoms with van der Waals surface area (Å²) in [6.07, 6.45) is 7.65. The maximum Gasteiger partial charge on any atom is 0.225 e. The summed E-state index contributed by atoms with van der Waals surface area (Å²) in [5.74, 6) is 1.17. The van der Waals surface area contributed by atoms with E-state index < -0.39 is 5.60 Å². The normalized spacial score (nSPS) is 31.5. The van der Waals surface area contributed by atoms with E-state index in [0.717, 1.165) is 19.0 Å². The van der Waals surface area contributed by atoms with Crippen molar-refractivity contribution in [1.29, 1.82) is 0 Å². The van der Waals surface area contributed by atoms with Crippen molar-refractivity contribution in [2.24, 2.45) is 17.3 Å². The van der Waals surface area contributed by atoms with Crippen molar-refractivity contribution in [2.75, 3.05) is 13.1 Å². The Hall–Kier alpha value is -1.35. The van der Waals surface area contributed by atoms with Gasteiger partial charge in [-0.05, 0) is 70.3 Å². The maximum absolute atomic E-state index is 12.5. The van der Waals surface area contributed by atoms with Gasteiger partial charge < -0.3 is 10.0 Å². The van der Waals surface area contributed by atoms with E-state index >= 15 is 0 Å². The van der Waals surface area contributed by atoms with E-state index in [0.29, 0.717) is 24.2 Å². The first-order valence-electron chi connectivity index (χ1n) is 9.91. The van der Waals surface area contributed by atoms with Gasteiger partial charge in [0.05, 0.1) is 5.60 Å². The summed E-state index contributed by atoms with van der Waals surface area (Å²) >= 11 is 0. The zero-order valence-electron chi connectivity index (χ0n) is 15.6. The van der Waals surface area contributed by atoms with Gasteiger partial charge in [-0.1, -0.05) is 29.8 Å².